The number of fused-ring (bicyclic) bond motifs is 1. The van der Waals surface area contributed by atoms with Crippen molar-refractivity contribution in [2.24, 2.45) is 17.8 Å². The van der Waals surface area contributed by atoms with E-state index >= 15 is 8.78 Å². The molecule has 2 aromatic rings. The summed E-state index contributed by atoms with van der Waals surface area (Å²) in [7, 11) is 0. The molecule has 182 valence electrons. The molecule has 5 atom stereocenters. The molecule has 4 rings (SSSR count). The van der Waals surface area contributed by atoms with Gasteiger partial charge in [-0.3, -0.25) is 19.9 Å². The van der Waals surface area contributed by atoms with E-state index in [1.807, 2.05) is 12.1 Å². The van der Waals surface area contributed by atoms with Crippen LogP contribution in [0, 0.1) is 29.1 Å². The fraction of sp³-hybridized carbons (Fsp3) is 0.385. The Hall–Kier alpha value is -3.64. The molecule has 1 aromatic carbocycles. The molecule has 7 nitrogen and oxygen atoms in total. The minimum atomic E-state index is -3.22. The zero-order valence-electron chi connectivity index (χ0n) is 19.2. The van der Waals surface area contributed by atoms with Crippen LogP contribution < -0.4 is 5.32 Å². The Morgan fingerprint density at radius 1 is 1.31 bits per heavy atom. The Kier molecular flexibility index (Phi) is 6.43. The molecule has 35 heavy (non-hydrogen) atoms. The number of aliphatic carboxylic acids is 1. The smallest absolute Gasteiger partial charge is 0.327 e. The van der Waals surface area contributed by atoms with Gasteiger partial charge in [0.2, 0.25) is 0 Å². The van der Waals surface area contributed by atoms with Crippen LogP contribution >= 0.6 is 0 Å². The number of hydrogen-bond donors (Lipinski definition) is 2. The van der Waals surface area contributed by atoms with Gasteiger partial charge in [0, 0.05) is 35.6 Å². The Balaban J connectivity index is 1.65. The van der Waals surface area contributed by atoms with Crippen LogP contribution in [0.15, 0.2) is 48.7 Å². The van der Waals surface area contributed by atoms with Gasteiger partial charge in [-0.2, -0.15) is 5.26 Å². The molecule has 2 aliphatic rings. The standard InChI is InChI=1S/C26H25F2N3O4/c1-15-20(10-9-19-8-7-18(12-30-19)21-6-4-3-5-17(21)11-29)23-16(2)35-24(34)25(23,14-26(15,27)28)31-13-22(32)33/h3-10,12,15-16,20,23,31H,13-14H2,1-2H3,(H,32,33)/t15-,16+,20-,23-,25-/m0/s1. The topological polar surface area (TPSA) is 112 Å². The third-order valence-corrected chi connectivity index (χ3v) is 7.09. The highest BCUT2D eigenvalue weighted by molar-refractivity contribution is 5.85. The summed E-state index contributed by atoms with van der Waals surface area (Å²) in [6, 6.07) is 12.8. The Bertz CT molecular complexity index is 1210. The molecule has 1 aliphatic carbocycles. The number of allylic oxidation sites excluding steroid dienone is 1. The van der Waals surface area contributed by atoms with Crippen LogP contribution in [-0.4, -0.2) is 46.1 Å². The van der Waals surface area contributed by atoms with Crippen molar-refractivity contribution in [3.63, 3.8) is 0 Å². The van der Waals surface area contributed by atoms with Gasteiger partial charge in [0.1, 0.15) is 11.6 Å². The summed E-state index contributed by atoms with van der Waals surface area (Å²) in [5, 5.41) is 21.0. The first-order chi connectivity index (χ1) is 16.6. The van der Waals surface area contributed by atoms with Crippen molar-refractivity contribution < 1.29 is 28.2 Å². The summed E-state index contributed by atoms with van der Waals surface area (Å²) in [4.78, 5) is 28.3. The summed E-state index contributed by atoms with van der Waals surface area (Å²) in [6.45, 7) is 2.44. The number of esters is 1. The number of benzene rings is 1. The van der Waals surface area contributed by atoms with Gasteiger partial charge in [0.25, 0.3) is 5.92 Å². The van der Waals surface area contributed by atoms with E-state index in [1.54, 1.807) is 49.5 Å². The number of nitriles is 1. The number of alkyl halides is 2. The number of pyridine rings is 1. The lowest BCUT2D eigenvalue weighted by atomic mass is 9.60. The first-order valence-electron chi connectivity index (χ1n) is 11.3. The van der Waals surface area contributed by atoms with E-state index in [0.29, 0.717) is 11.3 Å². The quantitative estimate of drug-likeness (QED) is 0.602. The molecule has 1 saturated carbocycles. The molecule has 0 bridgehead atoms. The fourth-order valence-electron chi connectivity index (χ4n) is 5.32. The number of aromatic nitrogens is 1. The number of nitrogens with zero attached hydrogens (tertiary/aromatic N) is 2. The summed E-state index contributed by atoms with van der Waals surface area (Å²) in [6.07, 6.45) is 3.36. The van der Waals surface area contributed by atoms with Gasteiger partial charge in [-0.05, 0) is 31.1 Å². The van der Waals surface area contributed by atoms with Gasteiger partial charge in [0.05, 0.1) is 23.9 Å². The maximum Gasteiger partial charge on any atom is 0.327 e. The van der Waals surface area contributed by atoms with Crippen LogP contribution in [-0.2, 0) is 14.3 Å². The van der Waals surface area contributed by atoms with Crippen LogP contribution in [0.4, 0.5) is 8.78 Å². The minimum Gasteiger partial charge on any atom is -0.480 e. The van der Waals surface area contributed by atoms with Crippen molar-refractivity contribution in [3.05, 3.63) is 59.9 Å². The summed E-state index contributed by atoms with van der Waals surface area (Å²) >= 11 is 0. The average molecular weight is 481 g/mol. The van der Waals surface area contributed by atoms with E-state index in [2.05, 4.69) is 16.4 Å². The molecule has 2 heterocycles. The lowest BCUT2D eigenvalue weighted by Gasteiger charge is -2.47. The largest absolute Gasteiger partial charge is 0.480 e. The van der Waals surface area contributed by atoms with Crippen molar-refractivity contribution in [2.45, 2.75) is 37.8 Å². The minimum absolute atomic E-state index is 0.515. The van der Waals surface area contributed by atoms with Crippen molar-refractivity contribution in [2.75, 3.05) is 6.54 Å². The van der Waals surface area contributed by atoms with E-state index in [9.17, 15) is 14.9 Å². The van der Waals surface area contributed by atoms with Crippen LogP contribution in [0.3, 0.4) is 0 Å². The Labute approximate surface area is 201 Å². The molecule has 1 aliphatic heterocycles. The van der Waals surface area contributed by atoms with E-state index in [0.717, 1.165) is 11.1 Å². The van der Waals surface area contributed by atoms with Gasteiger partial charge in [-0.15, -0.1) is 0 Å². The highest BCUT2D eigenvalue weighted by Crippen LogP contribution is 2.54. The molecule has 1 saturated heterocycles. The van der Waals surface area contributed by atoms with E-state index in [4.69, 9.17) is 9.84 Å². The first kappa shape index (κ1) is 24.5. The summed E-state index contributed by atoms with van der Waals surface area (Å²) in [5.74, 6) is -7.88. The predicted molar refractivity (Wildman–Crippen MR) is 123 cm³/mol. The van der Waals surface area contributed by atoms with Crippen LogP contribution in [0.25, 0.3) is 17.2 Å². The summed E-state index contributed by atoms with van der Waals surface area (Å²) < 4.78 is 35.6. The molecule has 2 N–H and O–H groups in total. The van der Waals surface area contributed by atoms with Gasteiger partial charge in [-0.1, -0.05) is 37.3 Å². The molecule has 0 spiro atoms. The average Bonchev–Trinajstić information content (AvgIpc) is 3.07. The number of carboxylic acids is 1. The van der Waals surface area contributed by atoms with Gasteiger partial charge in [-0.25, -0.2) is 8.78 Å². The fourth-order valence-corrected chi connectivity index (χ4v) is 5.32. The number of carbonyl (C=O) groups is 2. The maximum absolute atomic E-state index is 15.1. The molecule has 2 fully saturated rings. The number of cyclic esters (lactones) is 1. The highest BCUT2D eigenvalue weighted by Gasteiger charge is 2.68. The van der Waals surface area contributed by atoms with Gasteiger partial charge < -0.3 is 9.84 Å². The van der Waals surface area contributed by atoms with Crippen LogP contribution in [0.1, 0.15) is 31.5 Å². The van der Waals surface area contributed by atoms with E-state index in [-0.39, 0.29) is 0 Å². The molecule has 0 amide bonds. The highest BCUT2D eigenvalue weighted by atomic mass is 19.3. The number of halogens is 2. The van der Waals surface area contributed by atoms with Gasteiger partial charge in [0.15, 0.2) is 0 Å². The number of ether oxygens (including phenoxy) is 1. The Morgan fingerprint density at radius 2 is 2.06 bits per heavy atom. The second kappa shape index (κ2) is 9.19. The monoisotopic (exact) mass is 481 g/mol. The number of carboxylic acid groups (broad SMARTS) is 1. The number of hydrogen-bond acceptors (Lipinski definition) is 6. The number of carbonyl (C=O) groups excluding carboxylic acids is 1. The van der Waals surface area contributed by atoms with E-state index < -0.39 is 60.2 Å². The third-order valence-electron chi connectivity index (χ3n) is 7.09. The van der Waals surface area contributed by atoms with Crippen molar-refractivity contribution in [1.82, 2.24) is 10.3 Å². The van der Waals surface area contributed by atoms with Gasteiger partial charge >= 0.3 is 11.9 Å². The molecule has 0 unspecified atom stereocenters. The number of nitrogens with one attached hydrogen (secondary N) is 1. The predicted octanol–water partition coefficient (Wildman–Crippen LogP) is 3.90. The molecular formula is C26H25F2N3O4. The lowest BCUT2D eigenvalue weighted by Crippen LogP contribution is -2.65. The van der Waals surface area contributed by atoms with E-state index in [1.165, 1.54) is 6.92 Å². The number of rotatable bonds is 6. The molecule has 0 radical (unpaired) electrons. The zero-order valence-corrected chi connectivity index (χ0v) is 19.2. The molecule has 1 aromatic heterocycles. The zero-order chi connectivity index (χ0) is 25.4. The SMILES string of the molecule is C[C@H]1OC(=O)[C@]2(NCC(=O)O)CC(F)(F)[C@@H](C)[C@H](C=Cc3ccc(-c4ccccc4C#N)cn3)[C@H]12. The lowest BCUT2D eigenvalue weighted by molar-refractivity contribution is -0.161. The second-order valence-electron chi connectivity index (χ2n) is 9.15. The molecular weight excluding hydrogens is 456 g/mol. The van der Waals surface area contributed by atoms with Crippen LogP contribution in [0.5, 0.6) is 0 Å². The van der Waals surface area contributed by atoms with Crippen molar-refractivity contribution in [3.8, 4) is 17.2 Å². The van der Waals surface area contributed by atoms with Crippen molar-refractivity contribution >= 4 is 18.0 Å². The van der Waals surface area contributed by atoms with Crippen molar-refractivity contribution in [1.29, 1.82) is 5.26 Å². The molecule has 9 heteroatoms. The second-order valence-corrected chi connectivity index (χ2v) is 9.15. The Morgan fingerprint density at radius 3 is 2.71 bits per heavy atom. The summed E-state index contributed by atoms with van der Waals surface area (Å²) in [5.41, 5.74) is 0.730. The maximum atomic E-state index is 15.1. The third kappa shape index (κ3) is 4.42. The first-order valence-corrected chi connectivity index (χ1v) is 11.3. The van der Waals surface area contributed by atoms with Crippen LogP contribution in [0.2, 0.25) is 0 Å². The normalized spacial score (nSPS) is 29.4.